The lowest BCUT2D eigenvalue weighted by atomic mass is 9.98. The van der Waals surface area contributed by atoms with Crippen molar-refractivity contribution in [3.8, 4) is 5.75 Å². The molecule has 37 heavy (non-hydrogen) atoms. The summed E-state index contributed by atoms with van der Waals surface area (Å²) < 4.78 is 11.1. The third kappa shape index (κ3) is 9.12. The summed E-state index contributed by atoms with van der Waals surface area (Å²) in [5.74, 6) is -1.22. The fourth-order valence-electron chi connectivity index (χ4n) is 3.63. The monoisotopic (exact) mass is 542 g/mol. The maximum absolute atomic E-state index is 13.0. The summed E-state index contributed by atoms with van der Waals surface area (Å²) in [5, 5.41) is 2.72. The molecule has 0 aromatic heterocycles. The van der Waals surface area contributed by atoms with Crippen molar-refractivity contribution in [2.24, 2.45) is 11.7 Å². The van der Waals surface area contributed by atoms with Crippen molar-refractivity contribution in [3.05, 3.63) is 99.5 Å². The average Bonchev–Trinajstić information content (AvgIpc) is 2.88. The first kappa shape index (κ1) is 28.0. The number of amides is 2. The lowest BCUT2D eigenvalue weighted by Crippen LogP contribution is -2.37. The summed E-state index contributed by atoms with van der Waals surface area (Å²) in [5.41, 5.74) is 7.26. The van der Waals surface area contributed by atoms with Gasteiger partial charge in [0.25, 0.3) is 0 Å². The second-order valence-corrected chi connectivity index (χ2v) is 9.16. The van der Waals surface area contributed by atoms with Crippen molar-refractivity contribution in [1.82, 2.24) is 5.32 Å². The van der Waals surface area contributed by atoms with Gasteiger partial charge < -0.3 is 20.5 Å². The van der Waals surface area contributed by atoms with Gasteiger partial charge in [-0.1, -0.05) is 83.9 Å². The van der Waals surface area contributed by atoms with Crippen molar-refractivity contribution in [1.29, 1.82) is 0 Å². The van der Waals surface area contributed by atoms with Gasteiger partial charge in [0.1, 0.15) is 12.4 Å². The van der Waals surface area contributed by atoms with Crippen molar-refractivity contribution >= 4 is 41.0 Å². The van der Waals surface area contributed by atoms with Gasteiger partial charge in [0.15, 0.2) is 5.78 Å². The Morgan fingerprint density at radius 1 is 0.892 bits per heavy atom. The van der Waals surface area contributed by atoms with Crippen LogP contribution in [0.5, 0.6) is 5.75 Å². The van der Waals surface area contributed by atoms with Gasteiger partial charge in [0.05, 0.1) is 28.1 Å². The molecule has 7 nitrogen and oxygen atoms in total. The number of primary amides is 1. The largest absolute Gasteiger partial charge is 0.493 e. The number of urea groups is 1. The number of carbonyl (C=O) groups excluding carboxylic acids is 3. The van der Waals surface area contributed by atoms with E-state index in [1.807, 2.05) is 60.7 Å². The van der Waals surface area contributed by atoms with Crippen LogP contribution in [0.25, 0.3) is 0 Å². The van der Waals surface area contributed by atoms with Crippen molar-refractivity contribution in [2.75, 3.05) is 13.2 Å². The molecule has 0 aliphatic carbocycles. The number of hydrogen-bond donors (Lipinski definition) is 2. The minimum atomic E-state index is -0.779. The molecule has 3 aromatic carbocycles. The van der Waals surface area contributed by atoms with E-state index in [1.54, 1.807) is 12.1 Å². The van der Waals surface area contributed by atoms with E-state index in [2.05, 4.69) is 5.32 Å². The molecule has 0 bridgehead atoms. The van der Waals surface area contributed by atoms with E-state index in [1.165, 1.54) is 0 Å². The molecular weight excluding hydrogens is 515 g/mol. The van der Waals surface area contributed by atoms with Crippen LogP contribution in [-0.2, 0) is 22.6 Å². The Morgan fingerprint density at radius 3 is 2.08 bits per heavy atom. The highest BCUT2D eigenvalue weighted by Crippen LogP contribution is 2.32. The standard InChI is InChI=1S/C28H28Cl2N2O5/c29-23-15-22(36-14-13-19-7-3-1-4-8-19)16-24(30)26(23)25(33)12-11-21(17-32-28(31)35)27(34)37-18-20-9-5-2-6-10-20/h1-10,15-16,21H,11-14,17-18H2,(H3,31,32,35)/t21-/m0/s1. The normalized spacial score (nSPS) is 11.4. The number of nitrogens with one attached hydrogen (secondary N) is 1. The van der Waals surface area contributed by atoms with Gasteiger partial charge in [-0.2, -0.15) is 0 Å². The fourth-order valence-corrected chi connectivity index (χ4v) is 4.31. The third-order valence-electron chi connectivity index (χ3n) is 5.60. The van der Waals surface area contributed by atoms with E-state index >= 15 is 0 Å². The number of benzene rings is 3. The molecule has 3 N–H and O–H groups in total. The highest BCUT2D eigenvalue weighted by atomic mass is 35.5. The van der Waals surface area contributed by atoms with Crippen LogP contribution in [-0.4, -0.2) is 30.9 Å². The predicted octanol–water partition coefficient (Wildman–Crippen LogP) is 5.61. The maximum atomic E-state index is 13.0. The first-order valence-electron chi connectivity index (χ1n) is 11.8. The molecule has 2 amide bonds. The number of esters is 1. The van der Waals surface area contributed by atoms with Crippen LogP contribution in [0.3, 0.4) is 0 Å². The number of carbonyl (C=O) groups is 3. The molecule has 0 saturated carbocycles. The molecule has 0 spiro atoms. The van der Waals surface area contributed by atoms with Gasteiger partial charge in [-0.05, 0) is 29.7 Å². The van der Waals surface area contributed by atoms with Crippen LogP contribution in [0, 0.1) is 5.92 Å². The zero-order valence-electron chi connectivity index (χ0n) is 20.1. The number of ketones is 1. The molecule has 3 rings (SSSR count). The van der Waals surface area contributed by atoms with Gasteiger partial charge in [0.2, 0.25) is 0 Å². The second kappa shape index (κ2) is 14.3. The zero-order valence-corrected chi connectivity index (χ0v) is 21.6. The molecule has 1 atom stereocenters. The highest BCUT2D eigenvalue weighted by Gasteiger charge is 2.24. The van der Waals surface area contributed by atoms with Gasteiger partial charge in [0, 0.05) is 19.4 Å². The topological polar surface area (TPSA) is 108 Å². The van der Waals surface area contributed by atoms with Crippen LogP contribution < -0.4 is 15.8 Å². The molecule has 0 radical (unpaired) electrons. The van der Waals surface area contributed by atoms with Crippen LogP contribution >= 0.6 is 23.2 Å². The van der Waals surface area contributed by atoms with E-state index in [0.29, 0.717) is 18.8 Å². The van der Waals surface area contributed by atoms with Gasteiger partial charge in [-0.25, -0.2) is 4.79 Å². The fraction of sp³-hybridized carbons (Fsp3) is 0.250. The van der Waals surface area contributed by atoms with Crippen LogP contribution in [0.4, 0.5) is 4.79 Å². The third-order valence-corrected chi connectivity index (χ3v) is 6.19. The van der Waals surface area contributed by atoms with Crippen molar-refractivity contribution < 1.29 is 23.9 Å². The van der Waals surface area contributed by atoms with Crippen LogP contribution in [0.15, 0.2) is 72.8 Å². The maximum Gasteiger partial charge on any atom is 0.312 e. The molecule has 0 aliphatic heterocycles. The molecule has 194 valence electrons. The molecule has 3 aromatic rings. The smallest absolute Gasteiger partial charge is 0.312 e. The minimum absolute atomic E-state index is 0.0425. The molecule has 9 heteroatoms. The van der Waals surface area contributed by atoms with E-state index in [4.69, 9.17) is 38.4 Å². The van der Waals surface area contributed by atoms with Crippen LogP contribution in [0.1, 0.15) is 34.3 Å². The first-order chi connectivity index (χ1) is 17.8. The van der Waals surface area contributed by atoms with E-state index in [9.17, 15) is 14.4 Å². The Kier molecular flexibility index (Phi) is 10.8. The number of halogens is 2. The molecule has 0 saturated heterocycles. The Morgan fingerprint density at radius 2 is 1.49 bits per heavy atom. The summed E-state index contributed by atoms with van der Waals surface area (Å²) in [4.78, 5) is 36.8. The van der Waals surface area contributed by atoms with E-state index in [-0.39, 0.29) is 47.4 Å². The molecule has 0 fully saturated rings. The van der Waals surface area contributed by atoms with Crippen molar-refractivity contribution in [2.45, 2.75) is 25.9 Å². The molecule has 0 heterocycles. The predicted molar refractivity (Wildman–Crippen MR) is 143 cm³/mol. The average molecular weight is 543 g/mol. The molecule has 0 aliphatic rings. The number of hydrogen-bond acceptors (Lipinski definition) is 5. The van der Waals surface area contributed by atoms with E-state index < -0.39 is 17.9 Å². The Hall–Kier alpha value is -3.55. The van der Waals surface area contributed by atoms with Gasteiger partial charge in [-0.3, -0.25) is 9.59 Å². The summed E-state index contributed by atoms with van der Waals surface area (Å²) in [6, 6.07) is 21.4. The summed E-state index contributed by atoms with van der Waals surface area (Å²) in [7, 11) is 0. The lowest BCUT2D eigenvalue weighted by Gasteiger charge is -2.17. The summed E-state index contributed by atoms with van der Waals surface area (Å²) in [6.45, 7) is 0.430. The molecular formula is C28H28Cl2N2O5. The Bertz CT molecular complexity index is 1180. The Balaban J connectivity index is 1.59. The summed E-state index contributed by atoms with van der Waals surface area (Å²) in [6.07, 6.45) is 0.770. The van der Waals surface area contributed by atoms with Gasteiger partial charge >= 0.3 is 12.0 Å². The highest BCUT2D eigenvalue weighted by molar-refractivity contribution is 6.40. The number of nitrogens with two attached hydrogens (primary N) is 1. The number of Topliss-reactive ketones (excluding diaryl/α,β-unsaturated/α-hetero) is 1. The Labute approximate surface area is 225 Å². The minimum Gasteiger partial charge on any atom is -0.493 e. The SMILES string of the molecule is NC(=O)NC[C@H](CCC(=O)c1c(Cl)cc(OCCc2ccccc2)cc1Cl)C(=O)OCc1ccccc1. The second-order valence-electron chi connectivity index (χ2n) is 8.34. The zero-order chi connectivity index (χ0) is 26.6. The van der Waals surface area contributed by atoms with Gasteiger partial charge in [-0.15, -0.1) is 0 Å². The first-order valence-corrected chi connectivity index (χ1v) is 12.5. The lowest BCUT2D eigenvalue weighted by molar-refractivity contribution is -0.149. The van der Waals surface area contributed by atoms with E-state index in [0.717, 1.165) is 11.1 Å². The van der Waals surface area contributed by atoms with Crippen LogP contribution in [0.2, 0.25) is 10.0 Å². The number of rotatable bonds is 13. The van der Waals surface area contributed by atoms with Crippen molar-refractivity contribution in [3.63, 3.8) is 0 Å². The quantitative estimate of drug-likeness (QED) is 0.215. The number of ether oxygens (including phenoxy) is 2. The summed E-state index contributed by atoms with van der Waals surface area (Å²) >= 11 is 12.7. The molecule has 0 unspecified atom stereocenters.